The van der Waals surface area contributed by atoms with Crippen LogP contribution in [0.3, 0.4) is 0 Å². The van der Waals surface area contributed by atoms with Gasteiger partial charge in [0.1, 0.15) is 6.61 Å². The number of carbonyl (C=O) groups is 1. The van der Waals surface area contributed by atoms with Crippen molar-refractivity contribution in [1.82, 2.24) is 0 Å². The van der Waals surface area contributed by atoms with Crippen molar-refractivity contribution >= 4 is 5.78 Å². The maximum absolute atomic E-state index is 11.2. The highest BCUT2D eigenvalue weighted by molar-refractivity contribution is 5.81. The molecule has 20 heavy (non-hydrogen) atoms. The van der Waals surface area contributed by atoms with Crippen LogP contribution in [0.25, 0.3) is 0 Å². The highest BCUT2D eigenvalue weighted by atomic mass is 16.6. The SMILES string of the molecule is CCCCOCCOCCOCCOCC(=O)C(C)C. The van der Waals surface area contributed by atoms with Gasteiger partial charge < -0.3 is 18.9 Å². The van der Waals surface area contributed by atoms with Gasteiger partial charge in [0.2, 0.25) is 0 Å². The minimum absolute atomic E-state index is 0.0314. The molecule has 0 atom stereocenters. The average Bonchev–Trinajstić information content (AvgIpc) is 2.43. The molecule has 0 rings (SSSR count). The van der Waals surface area contributed by atoms with Gasteiger partial charge >= 0.3 is 0 Å². The second kappa shape index (κ2) is 14.9. The van der Waals surface area contributed by atoms with Crippen molar-refractivity contribution in [2.24, 2.45) is 5.92 Å². The van der Waals surface area contributed by atoms with Gasteiger partial charge in [-0.2, -0.15) is 0 Å². The number of hydrogen-bond donors (Lipinski definition) is 0. The Balaban J connectivity index is 3.04. The molecule has 0 N–H and O–H groups in total. The second-order valence-corrected chi connectivity index (χ2v) is 4.86. The third-order valence-electron chi connectivity index (χ3n) is 2.65. The zero-order valence-electron chi connectivity index (χ0n) is 13.2. The maximum atomic E-state index is 11.2. The summed E-state index contributed by atoms with van der Waals surface area (Å²) in [6.07, 6.45) is 2.25. The summed E-state index contributed by atoms with van der Waals surface area (Å²) in [5.41, 5.74) is 0. The summed E-state index contributed by atoms with van der Waals surface area (Å²) in [6.45, 7) is 10.1. The molecule has 5 heteroatoms. The van der Waals surface area contributed by atoms with E-state index in [1.54, 1.807) is 0 Å². The van der Waals surface area contributed by atoms with E-state index in [4.69, 9.17) is 18.9 Å². The maximum Gasteiger partial charge on any atom is 0.160 e. The molecule has 120 valence electrons. The second-order valence-electron chi connectivity index (χ2n) is 4.86. The Labute approximate surface area is 122 Å². The largest absolute Gasteiger partial charge is 0.379 e. The lowest BCUT2D eigenvalue weighted by Gasteiger charge is -2.07. The third-order valence-corrected chi connectivity index (χ3v) is 2.65. The van der Waals surface area contributed by atoms with Gasteiger partial charge in [0.05, 0.1) is 39.6 Å². The number of hydrogen-bond acceptors (Lipinski definition) is 5. The molecule has 0 unspecified atom stereocenters. The van der Waals surface area contributed by atoms with Crippen molar-refractivity contribution < 1.29 is 23.7 Å². The molecule has 0 bridgehead atoms. The lowest BCUT2D eigenvalue weighted by Crippen LogP contribution is -2.17. The molecule has 5 nitrogen and oxygen atoms in total. The first-order chi connectivity index (χ1) is 9.68. The Morgan fingerprint density at radius 3 is 1.70 bits per heavy atom. The number of ketones is 1. The normalized spacial score (nSPS) is 11.2. The first-order valence-electron chi connectivity index (χ1n) is 7.52. The monoisotopic (exact) mass is 290 g/mol. The molecule has 0 saturated heterocycles. The smallest absolute Gasteiger partial charge is 0.160 e. The van der Waals surface area contributed by atoms with Gasteiger partial charge in [0.15, 0.2) is 5.78 Å². The van der Waals surface area contributed by atoms with Crippen molar-refractivity contribution in [3.05, 3.63) is 0 Å². The fourth-order valence-corrected chi connectivity index (χ4v) is 1.25. The fraction of sp³-hybridized carbons (Fsp3) is 0.933. The molecule has 0 aromatic rings. The van der Waals surface area contributed by atoms with Gasteiger partial charge in [-0.3, -0.25) is 4.79 Å². The van der Waals surface area contributed by atoms with Crippen molar-refractivity contribution in [1.29, 1.82) is 0 Å². The van der Waals surface area contributed by atoms with Crippen LogP contribution >= 0.6 is 0 Å². The molecular formula is C15H30O5. The predicted molar refractivity (Wildman–Crippen MR) is 78.0 cm³/mol. The van der Waals surface area contributed by atoms with Crippen LogP contribution in [0.15, 0.2) is 0 Å². The first-order valence-corrected chi connectivity index (χ1v) is 7.52. The minimum atomic E-state index is 0.0314. The van der Waals surface area contributed by atoms with Gasteiger partial charge in [-0.1, -0.05) is 27.2 Å². The number of ether oxygens (including phenoxy) is 4. The molecule has 0 spiro atoms. The molecule has 0 radical (unpaired) electrons. The van der Waals surface area contributed by atoms with Crippen molar-refractivity contribution in [3.8, 4) is 0 Å². The Morgan fingerprint density at radius 2 is 1.25 bits per heavy atom. The van der Waals surface area contributed by atoms with Gasteiger partial charge in [-0.05, 0) is 6.42 Å². The van der Waals surface area contributed by atoms with E-state index < -0.39 is 0 Å². The molecule has 0 aliphatic carbocycles. The summed E-state index contributed by atoms with van der Waals surface area (Å²) < 4.78 is 21.2. The van der Waals surface area contributed by atoms with E-state index in [0.717, 1.165) is 19.4 Å². The lowest BCUT2D eigenvalue weighted by molar-refractivity contribution is -0.127. The minimum Gasteiger partial charge on any atom is -0.379 e. The van der Waals surface area contributed by atoms with Crippen LogP contribution in [0.2, 0.25) is 0 Å². The zero-order chi connectivity index (χ0) is 15.1. The lowest BCUT2D eigenvalue weighted by atomic mass is 10.1. The van der Waals surface area contributed by atoms with Crippen molar-refractivity contribution in [2.75, 3.05) is 52.9 Å². The van der Waals surface area contributed by atoms with Crippen molar-refractivity contribution in [2.45, 2.75) is 33.6 Å². The van der Waals surface area contributed by atoms with Gasteiger partial charge in [-0.25, -0.2) is 0 Å². The van der Waals surface area contributed by atoms with E-state index in [9.17, 15) is 4.79 Å². The van der Waals surface area contributed by atoms with Crippen LogP contribution in [0.5, 0.6) is 0 Å². The fourth-order valence-electron chi connectivity index (χ4n) is 1.25. The van der Waals surface area contributed by atoms with E-state index >= 15 is 0 Å². The Hall–Kier alpha value is -0.490. The molecule has 0 amide bonds. The van der Waals surface area contributed by atoms with E-state index in [1.807, 2.05) is 13.8 Å². The van der Waals surface area contributed by atoms with Gasteiger partial charge in [0.25, 0.3) is 0 Å². The molecule has 0 aliphatic heterocycles. The Morgan fingerprint density at radius 1 is 0.800 bits per heavy atom. The Bertz CT molecular complexity index is 218. The Kier molecular flexibility index (Phi) is 14.5. The van der Waals surface area contributed by atoms with E-state index in [2.05, 4.69) is 6.92 Å². The van der Waals surface area contributed by atoms with Gasteiger partial charge in [0, 0.05) is 12.5 Å². The number of Topliss-reactive ketones (excluding diaryl/α,β-unsaturated/α-hetero) is 1. The zero-order valence-corrected chi connectivity index (χ0v) is 13.2. The van der Waals surface area contributed by atoms with Crippen LogP contribution in [0.4, 0.5) is 0 Å². The summed E-state index contributed by atoms with van der Waals surface area (Å²) in [5.74, 6) is 0.153. The highest BCUT2D eigenvalue weighted by Gasteiger charge is 2.06. The summed E-state index contributed by atoms with van der Waals surface area (Å²) in [7, 11) is 0. The molecule has 0 fully saturated rings. The highest BCUT2D eigenvalue weighted by Crippen LogP contribution is 1.94. The van der Waals surface area contributed by atoms with Crippen LogP contribution in [0.1, 0.15) is 33.6 Å². The summed E-state index contributed by atoms with van der Waals surface area (Å²) in [5, 5.41) is 0. The quantitative estimate of drug-likeness (QED) is 0.432. The van der Waals surface area contributed by atoms with Crippen LogP contribution in [0, 0.1) is 5.92 Å². The van der Waals surface area contributed by atoms with E-state index in [-0.39, 0.29) is 18.3 Å². The third kappa shape index (κ3) is 13.9. The molecule has 0 saturated carbocycles. The van der Waals surface area contributed by atoms with E-state index in [0.29, 0.717) is 39.6 Å². The number of carbonyl (C=O) groups excluding carboxylic acids is 1. The predicted octanol–water partition coefficient (Wildman–Crippen LogP) is 2.08. The average molecular weight is 290 g/mol. The summed E-state index contributed by atoms with van der Waals surface area (Å²) >= 11 is 0. The number of unbranched alkanes of at least 4 members (excludes halogenated alkanes) is 1. The molecule has 0 heterocycles. The van der Waals surface area contributed by atoms with Crippen molar-refractivity contribution in [3.63, 3.8) is 0 Å². The van der Waals surface area contributed by atoms with Gasteiger partial charge in [-0.15, -0.1) is 0 Å². The molecule has 0 aromatic carbocycles. The topological polar surface area (TPSA) is 54.0 Å². The van der Waals surface area contributed by atoms with Crippen LogP contribution < -0.4 is 0 Å². The molecular weight excluding hydrogens is 260 g/mol. The first kappa shape index (κ1) is 19.5. The van der Waals surface area contributed by atoms with Crippen LogP contribution in [-0.2, 0) is 23.7 Å². The summed E-state index contributed by atoms with van der Waals surface area (Å²) in [6, 6.07) is 0. The number of rotatable bonds is 15. The molecule has 0 aliphatic rings. The summed E-state index contributed by atoms with van der Waals surface area (Å²) in [4.78, 5) is 11.2. The molecule has 0 aromatic heterocycles. The van der Waals surface area contributed by atoms with E-state index in [1.165, 1.54) is 0 Å². The van der Waals surface area contributed by atoms with Crippen LogP contribution in [-0.4, -0.2) is 58.6 Å². The standard InChI is InChI=1S/C15H30O5/c1-4-5-6-17-7-8-18-9-10-19-11-12-20-13-15(16)14(2)3/h14H,4-13H2,1-3H3.